The number of carbonyl (C=O) groups is 2. The molecule has 7 atom stereocenters. The summed E-state index contributed by atoms with van der Waals surface area (Å²) in [4.78, 5) is 27.5. The Kier molecular flexibility index (Phi) is 6.16. The molecule has 10 rings (SSSR count). The van der Waals surface area contributed by atoms with E-state index in [1.807, 2.05) is 36.4 Å². The van der Waals surface area contributed by atoms with Crippen molar-refractivity contribution in [1.82, 2.24) is 0 Å². The quantitative estimate of drug-likeness (QED) is 0.130. The van der Waals surface area contributed by atoms with Gasteiger partial charge in [-0.25, -0.2) is 8.42 Å². The van der Waals surface area contributed by atoms with Crippen LogP contribution < -0.4 is 4.74 Å². The van der Waals surface area contributed by atoms with E-state index in [9.17, 15) is 31.0 Å². The molecule has 0 N–H and O–H groups in total. The predicted octanol–water partition coefficient (Wildman–Crippen LogP) is 4.22. The molecule has 240 valence electrons. The minimum Gasteiger partial charge on any atom is -0.744 e. The van der Waals surface area contributed by atoms with Crippen molar-refractivity contribution < 1.29 is 44.6 Å². The zero-order valence-corrected chi connectivity index (χ0v) is 26.2. The van der Waals surface area contributed by atoms with Crippen LogP contribution in [0.15, 0.2) is 89.8 Å². The van der Waals surface area contributed by atoms with Gasteiger partial charge in [0.1, 0.15) is 33.3 Å². The van der Waals surface area contributed by atoms with Crippen molar-refractivity contribution in [2.45, 2.75) is 47.0 Å². The zero-order chi connectivity index (χ0) is 32.4. The third-order valence-electron chi connectivity index (χ3n) is 11.0. The summed E-state index contributed by atoms with van der Waals surface area (Å²) in [5, 5.41) is -0.869. The first-order valence-electron chi connectivity index (χ1n) is 15.5. The molecule has 6 aliphatic rings. The molecule has 1 aliphatic heterocycles. The molecule has 1 saturated heterocycles. The number of fused-ring (bicyclic) bond motifs is 3. The lowest BCUT2D eigenvalue weighted by atomic mass is 9.59. The molecule has 3 fully saturated rings. The highest BCUT2D eigenvalue weighted by Gasteiger charge is 2.72. The van der Waals surface area contributed by atoms with Gasteiger partial charge in [-0.1, -0.05) is 72.8 Å². The van der Waals surface area contributed by atoms with Crippen molar-refractivity contribution in [2.75, 3.05) is 0 Å². The van der Waals surface area contributed by atoms with Crippen molar-refractivity contribution in [3.63, 3.8) is 0 Å². The van der Waals surface area contributed by atoms with Crippen LogP contribution in [0.25, 0.3) is 10.8 Å². The molecule has 0 amide bonds. The van der Waals surface area contributed by atoms with Gasteiger partial charge in [-0.2, -0.15) is 8.42 Å². The Bertz CT molecular complexity index is 2200. The average molecular weight is 672 g/mol. The number of rotatable bonds is 5. The molecule has 4 bridgehead atoms. The molecular weight excluding hydrogens is 645 g/mol. The SMILES string of the molecule is O=C(OC1C2CC3C1OS(=O)(=O)C3C2C(=O)Oc1ccc(S(=O)(=O)[O-])c2ccccc12)C1CC2c3ccccc3C1c1ccccc12. The molecule has 1 heterocycles. The number of esters is 2. The van der Waals surface area contributed by atoms with Crippen LogP contribution in [0.1, 0.15) is 46.9 Å². The van der Waals surface area contributed by atoms with E-state index in [1.165, 1.54) is 29.3 Å². The highest BCUT2D eigenvalue weighted by atomic mass is 32.2. The van der Waals surface area contributed by atoms with E-state index in [-0.39, 0.29) is 28.4 Å². The molecule has 10 nitrogen and oxygen atoms in total. The van der Waals surface area contributed by atoms with E-state index in [0.29, 0.717) is 12.8 Å². The van der Waals surface area contributed by atoms with Crippen LogP contribution >= 0.6 is 0 Å². The molecule has 0 spiro atoms. The van der Waals surface area contributed by atoms with E-state index in [1.54, 1.807) is 12.1 Å². The summed E-state index contributed by atoms with van der Waals surface area (Å²) in [6.45, 7) is 0. The van der Waals surface area contributed by atoms with Crippen LogP contribution in [-0.2, 0) is 38.7 Å². The average Bonchev–Trinajstić information content (AvgIpc) is 3.67. The number of hydrogen-bond acceptors (Lipinski definition) is 10. The van der Waals surface area contributed by atoms with Crippen LogP contribution in [0.2, 0.25) is 0 Å². The molecule has 4 aromatic rings. The molecule has 12 heteroatoms. The highest BCUT2D eigenvalue weighted by molar-refractivity contribution is 7.87. The second-order valence-electron chi connectivity index (χ2n) is 13.1. The van der Waals surface area contributed by atoms with Gasteiger partial charge in [-0.15, -0.1) is 0 Å². The van der Waals surface area contributed by atoms with E-state index < -0.39 is 78.2 Å². The van der Waals surface area contributed by atoms with Crippen LogP contribution in [0.5, 0.6) is 5.75 Å². The Labute approximate surface area is 270 Å². The monoisotopic (exact) mass is 671 g/mol. The second-order valence-corrected chi connectivity index (χ2v) is 16.2. The summed E-state index contributed by atoms with van der Waals surface area (Å²) in [5.41, 5.74) is 4.57. The number of carbonyl (C=O) groups excluding carboxylic acids is 2. The summed E-state index contributed by atoms with van der Waals surface area (Å²) in [6, 6.07) is 24.6. The van der Waals surface area contributed by atoms with E-state index in [0.717, 1.165) is 17.2 Å². The number of benzene rings is 4. The van der Waals surface area contributed by atoms with Crippen molar-refractivity contribution in [2.24, 2.45) is 23.7 Å². The van der Waals surface area contributed by atoms with Crippen molar-refractivity contribution >= 4 is 42.9 Å². The molecular formula is C35H27O10S2-. The summed E-state index contributed by atoms with van der Waals surface area (Å²) >= 11 is 0. The van der Waals surface area contributed by atoms with Gasteiger partial charge in [0.05, 0.1) is 16.7 Å². The van der Waals surface area contributed by atoms with Crippen LogP contribution in [-0.4, -0.2) is 50.8 Å². The first-order chi connectivity index (χ1) is 22.5. The Hall–Kier alpha value is -4.10. The van der Waals surface area contributed by atoms with Gasteiger partial charge >= 0.3 is 11.9 Å². The van der Waals surface area contributed by atoms with Gasteiger partial charge in [-0.3, -0.25) is 13.8 Å². The van der Waals surface area contributed by atoms with Gasteiger partial charge < -0.3 is 14.0 Å². The van der Waals surface area contributed by atoms with Gasteiger partial charge in [-0.05, 0) is 47.2 Å². The summed E-state index contributed by atoms with van der Waals surface area (Å²) in [6.07, 6.45) is -0.985. The summed E-state index contributed by atoms with van der Waals surface area (Å²) < 4.78 is 79.6. The van der Waals surface area contributed by atoms with Gasteiger partial charge in [0, 0.05) is 34.4 Å². The first kappa shape index (κ1) is 29.1. The Morgan fingerprint density at radius 1 is 0.766 bits per heavy atom. The molecule has 4 aromatic carbocycles. The van der Waals surface area contributed by atoms with Crippen LogP contribution in [0.3, 0.4) is 0 Å². The first-order valence-corrected chi connectivity index (χ1v) is 18.4. The Balaban J connectivity index is 1.03. The standard InChI is InChI=1S/C35H28O10S2/c36-34(25-15-23-17-7-1-5-11-21(17)29(25)22-12-6-2-8-18(22)23)44-31-24-16-26-32(31)45-47(41,42)33(26)30(24)35(37)43-27-13-14-28(46(38,39)40)20-10-4-3-9-19(20)27/h1-14,23-26,29-33H,15-16H2,(H,38,39,40)/p-1. The fourth-order valence-electron chi connectivity index (χ4n) is 9.27. The molecule has 7 unspecified atom stereocenters. The maximum atomic E-state index is 14.1. The van der Waals surface area contributed by atoms with E-state index in [2.05, 4.69) is 12.1 Å². The topological polar surface area (TPSA) is 153 Å². The van der Waals surface area contributed by atoms with Gasteiger partial charge in [0.2, 0.25) is 0 Å². The second kappa shape index (κ2) is 9.96. The van der Waals surface area contributed by atoms with Gasteiger partial charge in [0.15, 0.2) is 0 Å². The minimum absolute atomic E-state index is 0.0160. The lowest BCUT2D eigenvalue weighted by molar-refractivity contribution is -0.166. The van der Waals surface area contributed by atoms with Crippen LogP contribution in [0, 0.1) is 23.7 Å². The maximum absolute atomic E-state index is 14.1. The molecule has 0 radical (unpaired) electrons. The van der Waals surface area contributed by atoms with Gasteiger partial charge in [0.25, 0.3) is 10.1 Å². The number of ether oxygens (including phenoxy) is 2. The largest absolute Gasteiger partial charge is 0.744 e. The van der Waals surface area contributed by atoms with Crippen LogP contribution in [0.4, 0.5) is 0 Å². The third-order valence-corrected chi connectivity index (χ3v) is 13.7. The fourth-order valence-corrected chi connectivity index (χ4v) is 12.0. The number of hydrogen-bond donors (Lipinski definition) is 0. The Morgan fingerprint density at radius 3 is 2.04 bits per heavy atom. The molecule has 2 saturated carbocycles. The highest BCUT2D eigenvalue weighted by Crippen LogP contribution is 2.60. The Morgan fingerprint density at radius 2 is 1.38 bits per heavy atom. The zero-order valence-electron chi connectivity index (χ0n) is 24.6. The van der Waals surface area contributed by atoms with Crippen molar-refractivity contribution in [1.29, 1.82) is 0 Å². The molecule has 47 heavy (non-hydrogen) atoms. The molecule has 5 aliphatic carbocycles. The lowest BCUT2D eigenvalue weighted by Crippen LogP contribution is -2.48. The smallest absolute Gasteiger partial charge is 0.316 e. The predicted molar refractivity (Wildman–Crippen MR) is 165 cm³/mol. The van der Waals surface area contributed by atoms with Crippen molar-refractivity contribution in [3.05, 3.63) is 107 Å². The van der Waals surface area contributed by atoms with Crippen molar-refractivity contribution in [3.8, 4) is 5.75 Å². The van der Waals surface area contributed by atoms with E-state index in [4.69, 9.17) is 13.7 Å². The minimum atomic E-state index is -4.82. The lowest BCUT2D eigenvalue weighted by Gasteiger charge is -2.45. The fraction of sp³-hybridized carbons (Fsp3) is 0.314. The normalized spacial score (nSPS) is 32.1. The molecule has 0 aromatic heterocycles. The maximum Gasteiger partial charge on any atom is 0.316 e. The third kappa shape index (κ3) is 4.14. The van der Waals surface area contributed by atoms with E-state index >= 15 is 0 Å². The summed E-state index contributed by atoms with van der Waals surface area (Å²) in [7, 11) is -9.00. The summed E-state index contributed by atoms with van der Waals surface area (Å²) in [5.74, 6) is -4.37.